The Hall–Kier alpha value is -0.530. The Balaban J connectivity index is 1.97. The lowest BCUT2D eigenvalue weighted by Crippen LogP contribution is -2.25. The molecular weight excluding hydrogens is 126 g/mol. The van der Waals surface area contributed by atoms with E-state index in [1.807, 2.05) is 0 Å². The molecule has 0 spiro atoms. The largest absolute Gasteiger partial charge is 0.369 e. The van der Waals surface area contributed by atoms with Gasteiger partial charge in [0.2, 0.25) is 5.91 Å². The van der Waals surface area contributed by atoms with Crippen molar-refractivity contribution in [3.63, 3.8) is 0 Å². The Morgan fingerprint density at radius 2 is 1.90 bits per heavy atom. The standard InChI is InChI=1S/C8H11NO/c9-8(10)6-3-1-4-5(2-3)7(4)6/h3-7H,1-2H2,(H2,9,10)/t3?,4-,5?,6-,7?/m1/s1. The summed E-state index contributed by atoms with van der Waals surface area (Å²) in [5.74, 6) is 3.53. The lowest BCUT2D eigenvalue weighted by molar-refractivity contribution is -0.122. The first kappa shape index (κ1) is 5.16. The Morgan fingerprint density at radius 1 is 1.30 bits per heavy atom. The molecule has 4 saturated carbocycles. The predicted molar refractivity (Wildman–Crippen MR) is 35.9 cm³/mol. The molecule has 2 heteroatoms. The molecule has 4 bridgehead atoms. The number of nitrogens with two attached hydrogens (primary N) is 1. The van der Waals surface area contributed by atoms with Crippen molar-refractivity contribution < 1.29 is 4.79 Å². The summed E-state index contributed by atoms with van der Waals surface area (Å²) in [6, 6.07) is 0. The van der Waals surface area contributed by atoms with Crippen LogP contribution in [0.4, 0.5) is 0 Å². The fraction of sp³-hybridized carbons (Fsp3) is 0.875. The number of carbonyl (C=O) groups is 1. The molecule has 0 saturated heterocycles. The Bertz CT molecular complexity index is 199. The van der Waals surface area contributed by atoms with Gasteiger partial charge in [0.1, 0.15) is 0 Å². The third-order valence-corrected chi connectivity index (χ3v) is 3.80. The van der Waals surface area contributed by atoms with Gasteiger partial charge in [-0.25, -0.2) is 0 Å². The molecule has 2 nitrogen and oxygen atoms in total. The van der Waals surface area contributed by atoms with Crippen LogP contribution in [0.25, 0.3) is 0 Å². The summed E-state index contributed by atoms with van der Waals surface area (Å²) in [6.45, 7) is 0. The van der Waals surface area contributed by atoms with Gasteiger partial charge in [0.25, 0.3) is 0 Å². The third kappa shape index (κ3) is 0.360. The number of rotatable bonds is 1. The molecule has 0 radical (unpaired) electrons. The van der Waals surface area contributed by atoms with E-state index in [9.17, 15) is 4.79 Å². The molecule has 5 atom stereocenters. The number of hydrogen-bond donors (Lipinski definition) is 1. The summed E-state index contributed by atoms with van der Waals surface area (Å²) in [6.07, 6.45) is 2.62. The van der Waals surface area contributed by atoms with Crippen LogP contribution in [0.2, 0.25) is 0 Å². The van der Waals surface area contributed by atoms with E-state index in [0.29, 0.717) is 5.92 Å². The highest BCUT2D eigenvalue weighted by atomic mass is 16.1. The molecule has 54 valence electrons. The second kappa shape index (κ2) is 1.25. The maximum atomic E-state index is 10.9. The molecule has 4 aliphatic rings. The van der Waals surface area contributed by atoms with Crippen molar-refractivity contribution in [3.8, 4) is 0 Å². The number of primary amides is 1. The Morgan fingerprint density at radius 3 is 2.10 bits per heavy atom. The molecule has 4 rings (SSSR count). The number of hydrogen-bond acceptors (Lipinski definition) is 1. The van der Waals surface area contributed by atoms with E-state index in [1.54, 1.807) is 0 Å². The Labute approximate surface area is 59.8 Å². The van der Waals surface area contributed by atoms with Gasteiger partial charge in [-0.2, -0.15) is 0 Å². The van der Waals surface area contributed by atoms with Crippen molar-refractivity contribution in [1.29, 1.82) is 0 Å². The van der Waals surface area contributed by atoms with Crippen molar-refractivity contribution >= 4 is 5.91 Å². The molecule has 2 N–H and O–H groups in total. The molecule has 4 aliphatic carbocycles. The van der Waals surface area contributed by atoms with Crippen molar-refractivity contribution in [2.24, 2.45) is 35.3 Å². The summed E-state index contributed by atoms with van der Waals surface area (Å²) in [5.41, 5.74) is 5.29. The zero-order chi connectivity index (χ0) is 6.88. The Kier molecular flexibility index (Phi) is 0.644. The maximum absolute atomic E-state index is 10.9. The van der Waals surface area contributed by atoms with E-state index in [4.69, 9.17) is 5.73 Å². The van der Waals surface area contributed by atoms with Crippen molar-refractivity contribution in [3.05, 3.63) is 0 Å². The highest BCUT2D eigenvalue weighted by Gasteiger charge is 2.69. The number of amides is 1. The summed E-state index contributed by atoms with van der Waals surface area (Å²) < 4.78 is 0. The predicted octanol–water partition coefficient (Wildman–Crippen LogP) is 0.374. The molecule has 0 aromatic rings. The number of carbonyl (C=O) groups excluding carboxylic acids is 1. The molecule has 0 heterocycles. The van der Waals surface area contributed by atoms with Gasteiger partial charge in [-0.05, 0) is 36.5 Å². The fourth-order valence-corrected chi connectivity index (χ4v) is 3.50. The average molecular weight is 137 g/mol. The van der Waals surface area contributed by atoms with Crippen LogP contribution in [0.5, 0.6) is 0 Å². The lowest BCUT2D eigenvalue weighted by Gasteiger charge is -2.08. The molecule has 4 fully saturated rings. The van der Waals surface area contributed by atoms with Crippen molar-refractivity contribution in [2.75, 3.05) is 0 Å². The van der Waals surface area contributed by atoms with Crippen molar-refractivity contribution in [1.82, 2.24) is 0 Å². The third-order valence-electron chi connectivity index (χ3n) is 3.80. The summed E-state index contributed by atoms with van der Waals surface area (Å²) in [4.78, 5) is 10.9. The molecule has 1 amide bonds. The van der Waals surface area contributed by atoms with Gasteiger partial charge in [-0.15, -0.1) is 0 Å². The molecule has 3 unspecified atom stereocenters. The minimum Gasteiger partial charge on any atom is -0.369 e. The van der Waals surface area contributed by atoms with Gasteiger partial charge in [0.15, 0.2) is 0 Å². The first-order valence-electron chi connectivity index (χ1n) is 4.08. The van der Waals surface area contributed by atoms with Gasteiger partial charge in [0, 0.05) is 5.92 Å². The molecule has 10 heavy (non-hydrogen) atoms. The van der Waals surface area contributed by atoms with Crippen LogP contribution in [-0.2, 0) is 4.79 Å². The zero-order valence-electron chi connectivity index (χ0n) is 5.79. The lowest BCUT2D eigenvalue weighted by atomic mass is 9.98. The summed E-state index contributed by atoms with van der Waals surface area (Å²) >= 11 is 0. The second-order valence-electron chi connectivity index (χ2n) is 4.06. The van der Waals surface area contributed by atoms with Gasteiger partial charge in [-0.3, -0.25) is 4.79 Å². The second-order valence-corrected chi connectivity index (χ2v) is 4.06. The van der Waals surface area contributed by atoms with E-state index in [2.05, 4.69) is 0 Å². The van der Waals surface area contributed by atoms with E-state index < -0.39 is 0 Å². The van der Waals surface area contributed by atoms with E-state index in [1.165, 1.54) is 12.8 Å². The summed E-state index contributed by atoms with van der Waals surface area (Å²) in [7, 11) is 0. The molecule has 0 aromatic heterocycles. The highest BCUT2D eigenvalue weighted by Crippen LogP contribution is 2.73. The van der Waals surface area contributed by atoms with Crippen LogP contribution in [-0.4, -0.2) is 5.91 Å². The fourth-order valence-electron chi connectivity index (χ4n) is 3.50. The topological polar surface area (TPSA) is 43.1 Å². The van der Waals surface area contributed by atoms with Gasteiger partial charge in [-0.1, -0.05) is 0 Å². The monoisotopic (exact) mass is 137 g/mol. The zero-order valence-corrected chi connectivity index (χ0v) is 5.79. The smallest absolute Gasteiger partial charge is 0.221 e. The average Bonchev–Trinajstić information content (AvgIpc) is 2.38. The summed E-state index contributed by atoms with van der Waals surface area (Å²) in [5, 5.41) is 0. The maximum Gasteiger partial charge on any atom is 0.221 e. The quantitative estimate of drug-likeness (QED) is 0.557. The first-order valence-corrected chi connectivity index (χ1v) is 4.08. The van der Waals surface area contributed by atoms with E-state index in [-0.39, 0.29) is 11.8 Å². The van der Waals surface area contributed by atoms with Gasteiger partial charge in [0.05, 0.1) is 0 Å². The van der Waals surface area contributed by atoms with Crippen LogP contribution in [0, 0.1) is 29.6 Å². The highest BCUT2D eigenvalue weighted by molar-refractivity contribution is 5.79. The van der Waals surface area contributed by atoms with Crippen LogP contribution >= 0.6 is 0 Å². The van der Waals surface area contributed by atoms with Crippen LogP contribution in [0.1, 0.15) is 12.8 Å². The molecule has 0 aliphatic heterocycles. The van der Waals surface area contributed by atoms with E-state index >= 15 is 0 Å². The van der Waals surface area contributed by atoms with Gasteiger partial charge >= 0.3 is 0 Å². The SMILES string of the molecule is NC(=O)[C@@H]1C2CC3C1[C@@H]3C2. The van der Waals surface area contributed by atoms with E-state index in [0.717, 1.165) is 17.8 Å². The van der Waals surface area contributed by atoms with Crippen LogP contribution < -0.4 is 5.73 Å². The molecular formula is C8H11NO. The minimum atomic E-state index is -0.0301. The van der Waals surface area contributed by atoms with Crippen LogP contribution in [0.3, 0.4) is 0 Å². The van der Waals surface area contributed by atoms with Crippen molar-refractivity contribution in [2.45, 2.75) is 12.8 Å². The van der Waals surface area contributed by atoms with Crippen LogP contribution in [0.15, 0.2) is 0 Å². The minimum absolute atomic E-state index is 0.0301. The van der Waals surface area contributed by atoms with Gasteiger partial charge < -0.3 is 5.73 Å². The molecule has 0 aromatic carbocycles. The normalized spacial score (nSPS) is 61.0. The first-order chi connectivity index (χ1) is 4.79.